The van der Waals surface area contributed by atoms with Gasteiger partial charge in [0.2, 0.25) is 0 Å². The van der Waals surface area contributed by atoms with Crippen molar-refractivity contribution in [1.29, 1.82) is 0 Å². The van der Waals surface area contributed by atoms with E-state index in [0.717, 1.165) is 16.9 Å². The number of benzene rings is 2. The van der Waals surface area contributed by atoms with E-state index in [9.17, 15) is 0 Å². The van der Waals surface area contributed by atoms with Gasteiger partial charge in [-0.1, -0.05) is 36.4 Å². The zero-order valence-electron chi connectivity index (χ0n) is 9.91. The highest BCUT2D eigenvalue weighted by molar-refractivity contribution is 5.97. The first-order valence-electron chi connectivity index (χ1n) is 5.60. The van der Waals surface area contributed by atoms with Crippen LogP contribution in [0.25, 0.3) is 0 Å². The number of nitrogens with zero attached hydrogens (tertiary/aromatic N) is 1. The number of nitrogens with two attached hydrogens (primary N) is 2. The highest BCUT2D eigenvalue weighted by Gasteiger charge is 2.00. The lowest BCUT2D eigenvalue weighted by Gasteiger charge is -2.07. The molecule has 0 unspecified atom stereocenters. The minimum Gasteiger partial charge on any atom is -0.489 e. The standard InChI is InChI=1S/C14H15N3O/c15-14(17-16)12-6-4-5-11(9-12)10-18-13-7-2-1-3-8-13/h1-9H,10,16H2,(H2,15,17). The molecule has 4 N–H and O–H groups in total. The van der Waals surface area contributed by atoms with Crippen molar-refractivity contribution >= 4 is 5.84 Å². The number of hydrogen-bond donors (Lipinski definition) is 2. The fourth-order valence-electron chi connectivity index (χ4n) is 1.58. The molecule has 2 aromatic rings. The maximum atomic E-state index is 5.65. The number of para-hydroxylation sites is 1. The summed E-state index contributed by atoms with van der Waals surface area (Å²) in [6.45, 7) is 0.482. The normalized spacial score (nSPS) is 11.2. The van der Waals surface area contributed by atoms with Gasteiger partial charge in [0.15, 0.2) is 0 Å². The van der Waals surface area contributed by atoms with E-state index >= 15 is 0 Å². The second-order valence-corrected chi connectivity index (χ2v) is 3.82. The molecule has 0 aliphatic rings. The van der Waals surface area contributed by atoms with E-state index in [1.807, 2.05) is 54.6 Å². The largest absolute Gasteiger partial charge is 0.489 e. The summed E-state index contributed by atoms with van der Waals surface area (Å²) in [5.41, 5.74) is 7.47. The molecule has 0 bridgehead atoms. The molecule has 0 fully saturated rings. The van der Waals surface area contributed by atoms with Gasteiger partial charge in [0.25, 0.3) is 0 Å². The van der Waals surface area contributed by atoms with Gasteiger partial charge in [0.1, 0.15) is 18.2 Å². The number of hydrogen-bond acceptors (Lipinski definition) is 3. The van der Waals surface area contributed by atoms with Gasteiger partial charge >= 0.3 is 0 Å². The van der Waals surface area contributed by atoms with Crippen LogP contribution in [0.5, 0.6) is 5.75 Å². The average Bonchev–Trinajstić information content (AvgIpc) is 2.45. The highest BCUT2D eigenvalue weighted by Crippen LogP contribution is 2.12. The van der Waals surface area contributed by atoms with Gasteiger partial charge in [0, 0.05) is 5.56 Å². The zero-order valence-corrected chi connectivity index (χ0v) is 9.91. The van der Waals surface area contributed by atoms with Crippen molar-refractivity contribution in [3.63, 3.8) is 0 Å². The van der Waals surface area contributed by atoms with Crippen molar-refractivity contribution in [3.05, 3.63) is 65.7 Å². The van der Waals surface area contributed by atoms with Gasteiger partial charge in [-0.2, -0.15) is 5.10 Å². The first-order valence-corrected chi connectivity index (χ1v) is 5.60. The number of rotatable bonds is 4. The fraction of sp³-hybridized carbons (Fsp3) is 0.0714. The number of hydrazone groups is 1. The summed E-state index contributed by atoms with van der Waals surface area (Å²) in [5, 5.41) is 3.47. The Labute approximate surface area is 106 Å². The van der Waals surface area contributed by atoms with Crippen LogP contribution >= 0.6 is 0 Å². The molecule has 0 amide bonds. The summed E-state index contributed by atoms with van der Waals surface area (Å²) in [5.74, 6) is 6.30. The Morgan fingerprint density at radius 1 is 1.06 bits per heavy atom. The minimum atomic E-state index is 0.316. The van der Waals surface area contributed by atoms with Crippen molar-refractivity contribution in [3.8, 4) is 5.75 Å². The highest BCUT2D eigenvalue weighted by atomic mass is 16.5. The van der Waals surface area contributed by atoms with Crippen LogP contribution in [0.4, 0.5) is 0 Å². The quantitative estimate of drug-likeness (QED) is 0.371. The van der Waals surface area contributed by atoms with Crippen LogP contribution in [0.15, 0.2) is 59.7 Å². The Bertz CT molecular complexity index is 538. The number of ether oxygens (including phenoxy) is 1. The van der Waals surface area contributed by atoms with Crippen molar-refractivity contribution in [2.45, 2.75) is 6.61 Å². The molecular formula is C14H15N3O. The maximum Gasteiger partial charge on any atom is 0.150 e. The van der Waals surface area contributed by atoms with E-state index in [2.05, 4.69) is 5.10 Å². The monoisotopic (exact) mass is 241 g/mol. The third kappa shape index (κ3) is 3.01. The lowest BCUT2D eigenvalue weighted by Crippen LogP contribution is -2.15. The predicted octanol–water partition coefficient (Wildman–Crippen LogP) is 1.84. The van der Waals surface area contributed by atoms with Crippen LogP contribution in [-0.4, -0.2) is 5.84 Å². The lowest BCUT2D eigenvalue weighted by atomic mass is 10.1. The molecular weight excluding hydrogens is 226 g/mol. The van der Waals surface area contributed by atoms with E-state index < -0.39 is 0 Å². The van der Waals surface area contributed by atoms with Gasteiger partial charge in [-0.3, -0.25) is 0 Å². The van der Waals surface area contributed by atoms with Gasteiger partial charge in [-0.05, 0) is 23.8 Å². The third-order valence-corrected chi connectivity index (χ3v) is 2.51. The lowest BCUT2D eigenvalue weighted by molar-refractivity contribution is 0.306. The third-order valence-electron chi connectivity index (χ3n) is 2.51. The molecule has 4 heteroatoms. The predicted molar refractivity (Wildman–Crippen MR) is 72.1 cm³/mol. The minimum absolute atomic E-state index is 0.316. The van der Waals surface area contributed by atoms with Crippen LogP contribution in [0.1, 0.15) is 11.1 Å². The second-order valence-electron chi connectivity index (χ2n) is 3.82. The Morgan fingerprint density at radius 3 is 2.56 bits per heavy atom. The van der Waals surface area contributed by atoms with Crippen LogP contribution in [0.3, 0.4) is 0 Å². The molecule has 18 heavy (non-hydrogen) atoms. The Hall–Kier alpha value is -2.49. The van der Waals surface area contributed by atoms with E-state index in [0.29, 0.717) is 12.4 Å². The molecule has 92 valence electrons. The zero-order chi connectivity index (χ0) is 12.8. The van der Waals surface area contributed by atoms with Crippen LogP contribution < -0.4 is 16.3 Å². The molecule has 4 nitrogen and oxygen atoms in total. The van der Waals surface area contributed by atoms with Crippen molar-refractivity contribution in [1.82, 2.24) is 0 Å². The van der Waals surface area contributed by atoms with Crippen molar-refractivity contribution in [2.75, 3.05) is 0 Å². The summed E-state index contributed by atoms with van der Waals surface area (Å²) in [4.78, 5) is 0. The molecule has 0 radical (unpaired) electrons. The van der Waals surface area contributed by atoms with Crippen LogP contribution in [0, 0.1) is 0 Å². The fourth-order valence-corrected chi connectivity index (χ4v) is 1.58. The Balaban J connectivity index is 2.06. The van der Waals surface area contributed by atoms with Gasteiger partial charge < -0.3 is 16.3 Å². The Kier molecular flexibility index (Phi) is 3.81. The SMILES string of the molecule is N/N=C(\N)c1cccc(COc2ccccc2)c1. The van der Waals surface area contributed by atoms with Crippen LogP contribution in [0.2, 0.25) is 0 Å². The van der Waals surface area contributed by atoms with E-state index in [4.69, 9.17) is 16.3 Å². The molecule has 0 aliphatic carbocycles. The van der Waals surface area contributed by atoms with Crippen molar-refractivity contribution < 1.29 is 4.74 Å². The molecule has 2 aromatic carbocycles. The van der Waals surface area contributed by atoms with Gasteiger partial charge in [-0.25, -0.2) is 0 Å². The van der Waals surface area contributed by atoms with Crippen LogP contribution in [-0.2, 0) is 6.61 Å². The summed E-state index contributed by atoms with van der Waals surface area (Å²) in [6, 6.07) is 17.3. The summed E-state index contributed by atoms with van der Waals surface area (Å²) in [6.07, 6.45) is 0. The maximum absolute atomic E-state index is 5.65. The number of amidine groups is 1. The molecule has 0 spiro atoms. The average molecular weight is 241 g/mol. The first kappa shape index (κ1) is 12.0. The molecule has 0 saturated heterocycles. The second kappa shape index (κ2) is 5.72. The Morgan fingerprint density at radius 2 is 1.83 bits per heavy atom. The molecule has 2 rings (SSSR count). The molecule has 0 aliphatic heterocycles. The molecule has 0 aromatic heterocycles. The summed E-state index contributed by atoms with van der Waals surface area (Å²) < 4.78 is 5.65. The molecule has 0 saturated carbocycles. The van der Waals surface area contributed by atoms with Gasteiger partial charge in [-0.15, -0.1) is 0 Å². The van der Waals surface area contributed by atoms with E-state index in [1.165, 1.54) is 0 Å². The van der Waals surface area contributed by atoms with Gasteiger partial charge in [0.05, 0.1) is 0 Å². The summed E-state index contributed by atoms with van der Waals surface area (Å²) >= 11 is 0. The molecule has 0 atom stereocenters. The van der Waals surface area contributed by atoms with E-state index in [-0.39, 0.29) is 0 Å². The summed E-state index contributed by atoms with van der Waals surface area (Å²) in [7, 11) is 0. The smallest absolute Gasteiger partial charge is 0.150 e. The topological polar surface area (TPSA) is 73.6 Å². The first-order chi connectivity index (χ1) is 8.79. The van der Waals surface area contributed by atoms with Crippen molar-refractivity contribution in [2.24, 2.45) is 16.7 Å². The molecule has 0 heterocycles. The van der Waals surface area contributed by atoms with E-state index in [1.54, 1.807) is 0 Å².